The van der Waals surface area contributed by atoms with Gasteiger partial charge in [0.05, 0.1) is 5.57 Å². The maximum atomic E-state index is 13.6. The molecule has 0 N–H and O–H groups in total. The summed E-state index contributed by atoms with van der Waals surface area (Å²) in [5.74, 6) is -0.422. The van der Waals surface area contributed by atoms with Gasteiger partial charge in [0.15, 0.2) is 19.9 Å². The molecule has 1 aromatic rings. The molecule has 0 saturated carbocycles. The zero-order valence-corrected chi connectivity index (χ0v) is 19.3. The van der Waals surface area contributed by atoms with E-state index in [0.717, 1.165) is 19.4 Å². The van der Waals surface area contributed by atoms with E-state index in [1.807, 2.05) is 24.3 Å². The van der Waals surface area contributed by atoms with Crippen LogP contribution in [0.5, 0.6) is 0 Å². The Bertz CT molecular complexity index is 837. The first-order chi connectivity index (χ1) is 13.5. The number of benzene rings is 1. The highest BCUT2D eigenvalue weighted by molar-refractivity contribution is 6.74. The van der Waals surface area contributed by atoms with E-state index in [-0.39, 0.29) is 28.1 Å². The molecule has 0 spiro atoms. The molecule has 0 amide bonds. The Morgan fingerprint density at radius 3 is 2.55 bits per heavy atom. The average molecular weight is 412 g/mol. The number of ketones is 2. The number of fused-ring (bicyclic) bond motifs is 1. The van der Waals surface area contributed by atoms with Crippen LogP contribution in [0.1, 0.15) is 44.0 Å². The monoisotopic (exact) mass is 411 g/mol. The van der Waals surface area contributed by atoms with Crippen LogP contribution in [0.25, 0.3) is 0 Å². The highest BCUT2D eigenvalue weighted by atomic mass is 28.4. The Hall–Kier alpha value is -1.98. The molecular formula is C24H33NO3Si. The van der Waals surface area contributed by atoms with E-state index in [2.05, 4.69) is 45.3 Å². The Morgan fingerprint density at radius 2 is 1.97 bits per heavy atom. The molecule has 2 atom stereocenters. The van der Waals surface area contributed by atoms with Gasteiger partial charge >= 0.3 is 0 Å². The number of Topliss-reactive ketones (excluding diaryl/α,β-unsaturated/α-hetero) is 2. The molecule has 2 heterocycles. The van der Waals surface area contributed by atoms with Gasteiger partial charge in [-0.3, -0.25) is 9.59 Å². The van der Waals surface area contributed by atoms with E-state index in [1.165, 1.54) is 0 Å². The summed E-state index contributed by atoms with van der Waals surface area (Å²) < 4.78 is 6.47. The fraction of sp³-hybridized carbons (Fsp3) is 0.500. The van der Waals surface area contributed by atoms with Gasteiger partial charge in [-0.25, -0.2) is 0 Å². The van der Waals surface area contributed by atoms with Crippen molar-refractivity contribution in [2.75, 3.05) is 13.2 Å². The van der Waals surface area contributed by atoms with Crippen LogP contribution in [0.15, 0.2) is 54.8 Å². The molecule has 1 saturated heterocycles. The number of carbonyl (C=O) groups is 2. The summed E-state index contributed by atoms with van der Waals surface area (Å²) in [5.41, 5.74) is 0.107. The lowest BCUT2D eigenvalue weighted by Crippen LogP contribution is -2.53. The van der Waals surface area contributed by atoms with Gasteiger partial charge in [0, 0.05) is 30.8 Å². The smallest absolute Gasteiger partial charge is 0.198 e. The van der Waals surface area contributed by atoms with Crippen molar-refractivity contribution in [3.05, 3.63) is 60.3 Å². The SMILES string of the molecule is C=C[C@H](CO[Si](C)(C)C(C)(C)C)[C@@]12CCCN1C=C(C(=O)c1ccccc1)C2=O. The summed E-state index contributed by atoms with van der Waals surface area (Å²) >= 11 is 0. The molecule has 1 aromatic carbocycles. The third-order valence-electron chi connectivity index (χ3n) is 7.00. The summed E-state index contributed by atoms with van der Waals surface area (Å²) in [6.45, 7) is 16.3. The summed E-state index contributed by atoms with van der Waals surface area (Å²) in [6, 6.07) is 9.04. The van der Waals surface area contributed by atoms with Crippen molar-refractivity contribution in [2.45, 2.75) is 57.3 Å². The van der Waals surface area contributed by atoms with Crippen LogP contribution in [0.2, 0.25) is 18.1 Å². The van der Waals surface area contributed by atoms with E-state index in [4.69, 9.17) is 4.43 Å². The van der Waals surface area contributed by atoms with Gasteiger partial charge in [0.2, 0.25) is 0 Å². The normalized spacial score (nSPS) is 23.0. The lowest BCUT2D eigenvalue weighted by Gasteiger charge is -2.41. The van der Waals surface area contributed by atoms with Crippen LogP contribution < -0.4 is 0 Å². The van der Waals surface area contributed by atoms with Crippen LogP contribution in [0.4, 0.5) is 0 Å². The number of nitrogens with zero attached hydrogens (tertiary/aromatic N) is 1. The van der Waals surface area contributed by atoms with E-state index in [0.29, 0.717) is 12.2 Å². The molecule has 0 aliphatic carbocycles. The topological polar surface area (TPSA) is 46.6 Å². The Morgan fingerprint density at radius 1 is 1.31 bits per heavy atom. The van der Waals surface area contributed by atoms with Crippen LogP contribution >= 0.6 is 0 Å². The lowest BCUT2D eigenvalue weighted by molar-refractivity contribution is -0.124. The molecule has 0 radical (unpaired) electrons. The standard InChI is InChI=1S/C24H33NO3Si/c1-7-19(17-28-29(5,6)23(2,3)4)24-14-11-15-25(24)16-20(22(24)27)21(26)18-12-9-8-10-13-18/h7-10,12-13,16,19H,1,11,14-15,17H2,2-6H3/t19-,24-/m1/s1. The van der Waals surface area contributed by atoms with Crippen molar-refractivity contribution in [1.82, 2.24) is 4.90 Å². The van der Waals surface area contributed by atoms with Crippen molar-refractivity contribution in [3.8, 4) is 0 Å². The van der Waals surface area contributed by atoms with Crippen LogP contribution in [-0.2, 0) is 9.22 Å². The molecule has 2 aliphatic heterocycles. The minimum Gasteiger partial charge on any atom is -0.416 e. The predicted molar refractivity (Wildman–Crippen MR) is 119 cm³/mol. The van der Waals surface area contributed by atoms with Gasteiger partial charge in [-0.1, -0.05) is 57.2 Å². The Balaban J connectivity index is 1.87. The largest absolute Gasteiger partial charge is 0.416 e. The highest BCUT2D eigenvalue weighted by Gasteiger charge is 2.57. The van der Waals surface area contributed by atoms with E-state index < -0.39 is 13.9 Å². The first-order valence-corrected chi connectivity index (χ1v) is 13.3. The van der Waals surface area contributed by atoms with E-state index >= 15 is 0 Å². The zero-order valence-electron chi connectivity index (χ0n) is 18.3. The Labute approximate surface area is 175 Å². The maximum absolute atomic E-state index is 13.6. The summed E-state index contributed by atoms with van der Waals surface area (Å²) in [5, 5.41) is 0.0954. The number of hydrogen-bond acceptors (Lipinski definition) is 4. The van der Waals surface area contributed by atoms with Gasteiger partial charge in [-0.2, -0.15) is 0 Å². The second kappa shape index (κ2) is 7.69. The maximum Gasteiger partial charge on any atom is 0.198 e. The molecule has 156 valence electrons. The predicted octanol–water partition coefficient (Wildman–Crippen LogP) is 4.99. The van der Waals surface area contributed by atoms with Crippen LogP contribution in [-0.4, -0.2) is 43.5 Å². The van der Waals surface area contributed by atoms with Crippen molar-refractivity contribution < 1.29 is 14.0 Å². The minimum atomic E-state index is -1.96. The van der Waals surface area contributed by atoms with Crippen molar-refractivity contribution >= 4 is 19.9 Å². The fourth-order valence-corrected chi connectivity index (χ4v) is 5.15. The quantitative estimate of drug-likeness (QED) is 0.274. The average Bonchev–Trinajstić information content (AvgIpc) is 3.20. The molecule has 1 fully saturated rings. The van der Waals surface area contributed by atoms with Crippen molar-refractivity contribution in [1.29, 1.82) is 0 Å². The second-order valence-electron chi connectivity index (χ2n) is 9.70. The lowest BCUT2D eigenvalue weighted by atomic mass is 9.77. The highest BCUT2D eigenvalue weighted by Crippen LogP contribution is 2.45. The van der Waals surface area contributed by atoms with E-state index in [1.54, 1.807) is 18.3 Å². The first-order valence-electron chi connectivity index (χ1n) is 10.4. The minimum absolute atomic E-state index is 0.0763. The molecule has 0 bridgehead atoms. The summed E-state index contributed by atoms with van der Waals surface area (Å²) in [7, 11) is -1.96. The number of rotatable bonds is 7. The number of carbonyl (C=O) groups excluding carboxylic acids is 2. The molecule has 29 heavy (non-hydrogen) atoms. The molecule has 0 aromatic heterocycles. The second-order valence-corrected chi connectivity index (χ2v) is 14.5. The molecule has 2 aliphatic rings. The third-order valence-corrected chi connectivity index (χ3v) is 11.5. The third kappa shape index (κ3) is 3.66. The van der Waals surface area contributed by atoms with Gasteiger partial charge in [-0.15, -0.1) is 6.58 Å². The molecule has 4 nitrogen and oxygen atoms in total. The van der Waals surface area contributed by atoms with Gasteiger partial charge in [0.1, 0.15) is 5.54 Å². The zero-order chi connectivity index (χ0) is 21.4. The Kier molecular flexibility index (Phi) is 5.76. The van der Waals surface area contributed by atoms with Crippen LogP contribution in [0, 0.1) is 5.92 Å². The molecule has 5 heteroatoms. The summed E-state index contributed by atoms with van der Waals surface area (Å²) in [4.78, 5) is 28.7. The molecular weight excluding hydrogens is 378 g/mol. The van der Waals surface area contributed by atoms with Gasteiger partial charge in [-0.05, 0) is 31.0 Å². The number of hydrogen-bond donors (Lipinski definition) is 0. The molecule has 3 rings (SSSR count). The van der Waals surface area contributed by atoms with Crippen LogP contribution in [0.3, 0.4) is 0 Å². The van der Waals surface area contributed by atoms with Gasteiger partial charge < -0.3 is 9.33 Å². The summed E-state index contributed by atoms with van der Waals surface area (Å²) in [6.07, 6.45) is 5.30. The van der Waals surface area contributed by atoms with Gasteiger partial charge in [0.25, 0.3) is 0 Å². The van der Waals surface area contributed by atoms with Crippen molar-refractivity contribution in [3.63, 3.8) is 0 Å². The van der Waals surface area contributed by atoms with Crippen molar-refractivity contribution in [2.24, 2.45) is 5.92 Å². The fourth-order valence-electron chi connectivity index (χ4n) is 4.12. The molecule has 0 unspecified atom stereocenters. The van der Waals surface area contributed by atoms with E-state index in [9.17, 15) is 9.59 Å². The first kappa shape index (κ1) is 21.7.